The third kappa shape index (κ3) is 3.33. The maximum absolute atomic E-state index is 12.0. The van der Waals surface area contributed by atoms with Gasteiger partial charge in [0, 0.05) is 17.2 Å². The molecule has 1 aromatic carbocycles. The molecule has 2 heterocycles. The van der Waals surface area contributed by atoms with Crippen molar-refractivity contribution >= 4 is 21.8 Å². The fourth-order valence-corrected chi connectivity index (χ4v) is 2.22. The van der Waals surface area contributed by atoms with Crippen molar-refractivity contribution in [3.8, 4) is 11.5 Å². The largest absolute Gasteiger partial charge is 0.486 e. The summed E-state index contributed by atoms with van der Waals surface area (Å²) >= 11 is 3.29. The minimum Gasteiger partial charge on any atom is -0.486 e. The first kappa shape index (κ1) is 13.9. The van der Waals surface area contributed by atoms with E-state index in [2.05, 4.69) is 26.2 Å². The number of aromatic nitrogens is 1. The smallest absolute Gasteiger partial charge is 0.270 e. The number of hydrogen-bond donors (Lipinski definition) is 1. The molecule has 1 aliphatic rings. The molecule has 0 saturated carbocycles. The second-order valence-corrected chi connectivity index (χ2v) is 5.44. The Labute approximate surface area is 130 Å². The molecule has 2 aromatic rings. The molecule has 0 saturated heterocycles. The number of fused-ring (bicyclic) bond motifs is 1. The van der Waals surface area contributed by atoms with Crippen molar-refractivity contribution in [1.82, 2.24) is 10.3 Å². The number of carbonyl (C=O) groups excluding carboxylic acids is 1. The van der Waals surface area contributed by atoms with E-state index in [1.54, 1.807) is 18.3 Å². The lowest BCUT2D eigenvalue weighted by Crippen LogP contribution is -2.24. The van der Waals surface area contributed by atoms with Crippen LogP contribution in [0.25, 0.3) is 0 Å². The monoisotopic (exact) mass is 348 g/mol. The Morgan fingerprint density at radius 2 is 2.00 bits per heavy atom. The lowest BCUT2D eigenvalue weighted by Gasteiger charge is -2.18. The average Bonchev–Trinajstić information content (AvgIpc) is 2.53. The van der Waals surface area contributed by atoms with Crippen LogP contribution in [0.4, 0.5) is 0 Å². The number of amides is 1. The third-order valence-corrected chi connectivity index (χ3v) is 3.49. The number of hydrogen-bond acceptors (Lipinski definition) is 4. The van der Waals surface area contributed by atoms with Crippen LogP contribution >= 0.6 is 15.9 Å². The number of nitrogens with zero attached hydrogens (tertiary/aromatic N) is 1. The van der Waals surface area contributed by atoms with E-state index in [1.165, 1.54) is 0 Å². The molecule has 1 amide bonds. The predicted octanol–water partition coefficient (Wildman–Crippen LogP) is 2.55. The van der Waals surface area contributed by atoms with Gasteiger partial charge in [-0.2, -0.15) is 0 Å². The summed E-state index contributed by atoms with van der Waals surface area (Å²) < 4.78 is 11.8. The molecule has 6 heteroatoms. The molecule has 0 unspecified atom stereocenters. The molecule has 5 nitrogen and oxygen atoms in total. The first-order valence-electron chi connectivity index (χ1n) is 6.51. The van der Waals surface area contributed by atoms with Crippen molar-refractivity contribution in [3.63, 3.8) is 0 Å². The van der Waals surface area contributed by atoms with Crippen LogP contribution in [0.5, 0.6) is 11.5 Å². The van der Waals surface area contributed by atoms with E-state index in [0.717, 1.165) is 21.5 Å². The van der Waals surface area contributed by atoms with E-state index in [9.17, 15) is 4.79 Å². The zero-order chi connectivity index (χ0) is 14.7. The van der Waals surface area contributed by atoms with Crippen molar-refractivity contribution in [2.45, 2.75) is 6.54 Å². The predicted molar refractivity (Wildman–Crippen MR) is 80.5 cm³/mol. The van der Waals surface area contributed by atoms with Crippen molar-refractivity contribution < 1.29 is 14.3 Å². The summed E-state index contributed by atoms with van der Waals surface area (Å²) in [5, 5.41) is 2.83. The van der Waals surface area contributed by atoms with Gasteiger partial charge in [-0.25, -0.2) is 4.98 Å². The van der Waals surface area contributed by atoms with Crippen LogP contribution in [0.1, 0.15) is 16.1 Å². The fourth-order valence-electron chi connectivity index (χ4n) is 1.98. The lowest BCUT2D eigenvalue weighted by molar-refractivity contribution is 0.0946. The Balaban J connectivity index is 1.64. The number of carbonyl (C=O) groups is 1. The van der Waals surface area contributed by atoms with Gasteiger partial charge in [-0.15, -0.1) is 0 Å². The van der Waals surface area contributed by atoms with Gasteiger partial charge in [-0.3, -0.25) is 4.79 Å². The van der Waals surface area contributed by atoms with E-state index in [-0.39, 0.29) is 5.91 Å². The summed E-state index contributed by atoms with van der Waals surface area (Å²) in [6, 6.07) is 9.09. The number of pyridine rings is 1. The van der Waals surface area contributed by atoms with Crippen LogP contribution in [0.15, 0.2) is 41.0 Å². The molecule has 0 radical (unpaired) electrons. The molecule has 108 valence electrons. The molecule has 0 fully saturated rings. The van der Waals surface area contributed by atoms with E-state index >= 15 is 0 Å². The Bertz CT molecular complexity index is 658. The average molecular weight is 349 g/mol. The number of halogens is 1. The van der Waals surface area contributed by atoms with Gasteiger partial charge < -0.3 is 14.8 Å². The van der Waals surface area contributed by atoms with Crippen LogP contribution in [0.2, 0.25) is 0 Å². The highest BCUT2D eigenvalue weighted by molar-refractivity contribution is 9.10. The zero-order valence-electron chi connectivity index (χ0n) is 11.1. The van der Waals surface area contributed by atoms with E-state index in [0.29, 0.717) is 25.5 Å². The molecule has 1 aromatic heterocycles. The summed E-state index contributed by atoms with van der Waals surface area (Å²) in [4.78, 5) is 16.0. The van der Waals surface area contributed by atoms with Gasteiger partial charge >= 0.3 is 0 Å². The van der Waals surface area contributed by atoms with Gasteiger partial charge in [0.2, 0.25) is 0 Å². The highest BCUT2D eigenvalue weighted by Crippen LogP contribution is 2.30. The quantitative estimate of drug-likeness (QED) is 0.925. The number of nitrogens with one attached hydrogen (secondary N) is 1. The topological polar surface area (TPSA) is 60.5 Å². The number of benzene rings is 1. The summed E-state index contributed by atoms with van der Waals surface area (Å²) in [5.74, 6) is 1.25. The number of rotatable bonds is 3. The van der Waals surface area contributed by atoms with Gasteiger partial charge in [0.1, 0.15) is 18.9 Å². The van der Waals surface area contributed by atoms with Crippen LogP contribution < -0.4 is 14.8 Å². The van der Waals surface area contributed by atoms with Gasteiger partial charge in [0.25, 0.3) is 5.91 Å². The molecule has 21 heavy (non-hydrogen) atoms. The van der Waals surface area contributed by atoms with Crippen molar-refractivity contribution in [2.75, 3.05) is 13.2 Å². The van der Waals surface area contributed by atoms with E-state index in [1.807, 2.05) is 18.2 Å². The second kappa shape index (κ2) is 6.13. The molecule has 0 aliphatic carbocycles. The van der Waals surface area contributed by atoms with Crippen LogP contribution in [0.3, 0.4) is 0 Å². The maximum atomic E-state index is 12.0. The maximum Gasteiger partial charge on any atom is 0.270 e. The summed E-state index contributed by atoms with van der Waals surface area (Å²) in [7, 11) is 0. The fraction of sp³-hybridized carbons (Fsp3) is 0.200. The third-order valence-electron chi connectivity index (χ3n) is 3.02. The SMILES string of the molecule is O=C(NCc1ccc2c(c1)OCCO2)c1ccc(Br)cn1. The molecule has 1 N–H and O–H groups in total. The highest BCUT2D eigenvalue weighted by atomic mass is 79.9. The summed E-state index contributed by atoms with van der Waals surface area (Å²) in [6.07, 6.45) is 1.60. The zero-order valence-corrected chi connectivity index (χ0v) is 12.7. The van der Waals surface area contributed by atoms with Gasteiger partial charge in [-0.1, -0.05) is 6.07 Å². The van der Waals surface area contributed by atoms with Gasteiger partial charge in [0.15, 0.2) is 11.5 Å². The van der Waals surface area contributed by atoms with Crippen molar-refractivity contribution in [1.29, 1.82) is 0 Å². The Morgan fingerprint density at radius 1 is 1.19 bits per heavy atom. The van der Waals surface area contributed by atoms with E-state index in [4.69, 9.17) is 9.47 Å². The Morgan fingerprint density at radius 3 is 2.76 bits per heavy atom. The Hall–Kier alpha value is -2.08. The minimum absolute atomic E-state index is 0.211. The summed E-state index contributed by atoms with van der Waals surface area (Å²) in [5.41, 5.74) is 1.33. The first-order chi connectivity index (χ1) is 10.2. The van der Waals surface area contributed by atoms with Gasteiger partial charge in [0.05, 0.1) is 0 Å². The molecule has 0 spiro atoms. The first-order valence-corrected chi connectivity index (χ1v) is 7.30. The minimum atomic E-state index is -0.211. The lowest BCUT2D eigenvalue weighted by atomic mass is 10.2. The Kier molecular flexibility index (Phi) is 4.06. The molecular weight excluding hydrogens is 336 g/mol. The van der Waals surface area contributed by atoms with Crippen molar-refractivity contribution in [3.05, 3.63) is 52.3 Å². The van der Waals surface area contributed by atoms with Crippen LogP contribution in [0, 0.1) is 0 Å². The van der Waals surface area contributed by atoms with Crippen LogP contribution in [-0.4, -0.2) is 24.1 Å². The second-order valence-electron chi connectivity index (χ2n) is 4.52. The summed E-state index contributed by atoms with van der Waals surface area (Å²) in [6.45, 7) is 1.52. The number of ether oxygens (including phenoxy) is 2. The molecule has 3 rings (SSSR count). The van der Waals surface area contributed by atoms with Crippen molar-refractivity contribution in [2.24, 2.45) is 0 Å². The molecular formula is C15H13BrN2O3. The normalized spacial score (nSPS) is 12.8. The standard InChI is InChI=1S/C15H13BrN2O3/c16-11-2-3-12(17-9-11)15(19)18-8-10-1-4-13-14(7-10)21-6-5-20-13/h1-4,7,9H,5-6,8H2,(H,18,19). The highest BCUT2D eigenvalue weighted by Gasteiger charge is 2.12. The molecule has 0 bridgehead atoms. The van der Waals surface area contributed by atoms with Gasteiger partial charge in [-0.05, 0) is 45.8 Å². The molecule has 1 aliphatic heterocycles. The van der Waals surface area contributed by atoms with E-state index < -0.39 is 0 Å². The molecule has 0 atom stereocenters. The van der Waals surface area contributed by atoms with Crippen LogP contribution in [-0.2, 0) is 6.54 Å².